The van der Waals surface area contributed by atoms with Gasteiger partial charge in [-0.3, -0.25) is 9.59 Å². The van der Waals surface area contributed by atoms with Crippen molar-refractivity contribution in [3.63, 3.8) is 0 Å². The number of ether oxygens (including phenoxy) is 1. The summed E-state index contributed by atoms with van der Waals surface area (Å²) in [6.07, 6.45) is 3.23. The van der Waals surface area contributed by atoms with E-state index < -0.39 is 5.82 Å². The molecule has 1 aliphatic rings. The molecule has 2 aromatic carbocycles. The fourth-order valence-corrected chi connectivity index (χ4v) is 3.44. The van der Waals surface area contributed by atoms with E-state index in [1.54, 1.807) is 36.2 Å². The molecular formula is C22H24FNO3. The predicted octanol–water partition coefficient (Wildman–Crippen LogP) is 4.34. The van der Waals surface area contributed by atoms with Gasteiger partial charge in [-0.1, -0.05) is 12.1 Å². The zero-order chi connectivity index (χ0) is 19.4. The van der Waals surface area contributed by atoms with Crippen LogP contribution in [0.1, 0.15) is 46.9 Å². The Morgan fingerprint density at radius 1 is 1.19 bits per heavy atom. The van der Waals surface area contributed by atoms with E-state index in [-0.39, 0.29) is 17.8 Å². The molecule has 27 heavy (non-hydrogen) atoms. The molecule has 5 heteroatoms. The van der Waals surface area contributed by atoms with Crippen molar-refractivity contribution in [1.29, 1.82) is 0 Å². The topological polar surface area (TPSA) is 46.6 Å². The number of ketones is 1. The minimum absolute atomic E-state index is 0.0726. The Morgan fingerprint density at radius 2 is 2.00 bits per heavy atom. The zero-order valence-electron chi connectivity index (χ0n) is 15.7. The number of carbonyl (C=O) groups excluding carboxylic acids is 2. The third kappa shape index (κ3) is 4.61. The number of Topliss-reactive ketones (excluding diaryl/α,β-unsaturated/α-hetero) is 1. The van der Waals surface area contributed by atoms with E-state index in [1.807, 2.05) is 0 Å². The SMILES string of the molecule is CC(=O)c1ccc(F)cc1-c1cccc(C(=O)N(C)C[C@H]2CCCCO2)c1. The van der Waals surface area contributed by atoms with Crippen LogP contribution in [-0.2, 0) is 4.74 Å². The first-order valence-corrected chi connectivity index (χ1v) is 9.23. The number of hydrogen-bond acceptors (Lipinski definition) is 3. The van der Waals surface area contributed by atoms with Crippen LogP contribution in [0.2, 0.25) is 0 Å². The van der Waals surface area contributed by atoms with E-state index in [4.69, 9.17) is 4.74 Å². The number of carbonyl (C=O) groups is 2. The first-order valence-electron chi connectivity index (χ1n) is 9.23. The van der Waals surface area contributed by atoms with Crippen LogP contribution in [0.4, 0.5) is 4.39 Å². The van der Waals surface area contributed by atoms with Crippen LogP contribution < -0.4 is 0 Å². The molecule has 1 heterocycles. The molecule has 1 fully saturated rings. The van der Waals surface area contributed by atoms with E-state index in [0.717, 1.165) is 25.9 Å². The normalized spacial score (nSPS) is 16.8. The van der Waals surface area contributed by atoms with Crippen molar-refractivity contribution < 1.29 is 18.7 Å². The van der Waals surface area contributed by atoms with Crippen LogP contribution in [0.5, 0.6) is 0 Å². The predicted molar refractivity (Wildman–Crippen MR) is 102 cm³/mol. The van der Waals surface area contributed by atoms with Crippen LogP contribution in [0.15, 0.2) is 42.5 Å². The molecule has 0 radical (unpaired) electrons. The van der Waals surface area contributed by atoms with Crippen molar-refractivity contribution in [2.75, 3.05) is 20.2 Å². The van der Waals surface area contributed by atoms with E-state index >= 15 is 0 Å². The Bertz CT molecular complexity index is 843. The monoisotopic (exact) mass is 369 g/mol. The van der Waals surface area contributed by atoms with Gasteiger partial charge in [-0.05, 0) is 67.6 Å². The fraction of sp³-hybridized carbons (Fsp3) is 0.364. The first kappa shape index (κ1) is 19.2. The molecule has 142 valence electrons. The largest absolute Gasteiger partial charge is 0.376 e. The second kappa shape index (κ2) is 8.44. The number of amides is 1. The van der Waals surface area contributed by atoms with Crippen molar-refractivity contribution in [1.82, 2.24) is 4.90 Å². The fourth-order valence-electron chi connectivity index (χ4n) is 3.44. The summed E-state index contributed by atoms with van der Waals surface area (Å²) in [5.41, 5.74) is 2.08. The molecule has 1 saturated heterocycles. The highest BCUT2D eigenvalue weighted by atomic mass is 19.1. The Morgan fingerprint density at radius 3 is 2.70 bits per heavy atom. The van der Waals surface area contributed by atoms with Crippen molar-refractivity contribution in [2.24, 2.45) is 0 Å². The lowest BCUT2D eigenvalue weighted by Crippen LogP contribution is -2.37. The van der Waals surface area contributed by atoms with Crippen molar-refractivity contribution >= 4 is 11.7 Å². The Balaban J connectivity index is 1.84. The van der Waals surface area contributed by atoms with Gasteiger partial charge in [0, 0.05) is 31.3 Å². The van der Waals surface area contributed by atoms with Gasteiger partial charge in [-0.2, -0.15) is 0 Å². The van der Waals surface area contributed by atoms with Crippen molar-refractivity contribution in [3.05, 3.63) is 59.4 Å². The highest BCUT2D eigenvalue weighted by Gasteiger charge is 2.20. The summed E-state index contributed by atoms with van der Waals surface area (Å²) < 4.78 is 19.5. The number of halogens is 1. The molecular weight excluding hydrogens is 345 g/mol. The molecule has 0 aliphatic carbocycles. The lowest BCUT2D eigenvalue weighted by molar-refractivity contribution is -0.000186. The first-order chi connectivity index (χ1) is 13.0. The Labute approximate surface area is 158 Å². The van der Waals surface area contributed by atoms with Gasteiger partial charge in [0.15, 0.2) is 5.78 Å². The maximum absolute atomic E-state index is 13.7. The molecule has 4 nitrogen and oxygen atoms in total. The van der Waals surface area contributed by atoms with Crippen LogP contribution in [0.3, 0.4) is 0 Å². The van der Waals surface area contributed by atoms with Crippen LogP contribution >= 0.6 is 0 Å². The maximum Gasteiger partial charge on any atom is 0.253 e. The lowest BCUT2D eigenvalue weighted by atomic mass is 9.96. The minimum atomic E-state index is -0.418. The average Bonchev–Trinajstić information content (AvgIpc) is 2.68. The third-order valence-corrected chi connectivity index (χ3v) is 4.88. The second-order valence-corrected chi connectivity index (χ2v) is 7.00. The Kier molecular flexibility index (Phi) is 6.01. The van der Waals surface area contributed by atoms with Crippen LogP contribution in [0, 0.1) is 5.82 Å². The van der Waals surface area contributed by atoms with Gasteiger partial charge >= 0.3 is 0 Å². The molecule has 2 aromatic rings. The zero-order valence-corrected chi connectivity index (χ0v) is 15.7. The van der Waals surface area contributed by atoms with Crippen LogP contribution in [0.25, 0.3) is 11.1 Å². The quantitative estimate of drug-likeness (QED) is 0.737. The van der Waals surface area contributed by atoms with Gasteiger partial charge in [-0.25, -0.2) is 4.39 Å². The smallest absolute Gasteiger partial charge is 0.253 e. The summed E-state index contributed by atoms with van der Waals surface area (Å²) in [6, 6.07) is 11.1. The van der Waals surface area contributed by atoms with E-state index in [9.17, 15) is 14.0 Å². The summed E-state index contributed by atoms with van der Waals surface area (Å²) >= 11 is 0. The van der Waals surface area contributed by atoms with Crippen molar-refractivity contribution in [3.8, 4) is 11.1 Å². The average molecular weight is 369 g/mol. The van der Waals surface area contributed by atoms with Gasteiger partial charge in [0.25, 0.3) is 5.91 Å². The van der Waals surface area contributed by atoms with Crippen LogP contribution in [-0.4, -0.2) is 42.9 Å². The molecule has 0 aromatic heterocycles. The summed E-state index contributed by atoms with van der Waals surface area (Å²) in [5.74, 6) is -0.682. The Hall–Kier alpha value is -2.53. The van der Waals surface area contributed by atoms with Gasteiger partial charge in [0.05, 0.1) is 6.10 Å². The number of hydrogen-bond donors (Lipinski definition) is 0. The number of benzene rings is 2. The summed E-state index contributed by atoms with van der Waals surface area (Å²) in [5, 5.41) is 0. The molecule has 0 saturated carbocycles. The highest BCUT2D eigenvalue weighted by Crippen LogP contribution is 2.26. The summed E-state index contributed by atoms with van der Waals surface area (Å²) in [4.78, 5) is 26.4. The molecule has 0 unspecified atom stereocenters. The van der Waals surface area contributed by atoms with E-state index in [2.05, 4.69) is 0 Å². The lowest BCUT2D eigenvalue weighted by Gasteiger charge is -2.27. The molecule has 0 spiro atoms. The van der Waals surface area contributed by atoms with E-state index in [0.29, 0.717) is 28.8 Å². The number of likely N-dealkylation sites (N-methyl/N-ethyl adjacent to an activating group) is 1. The van der Waals surface area contributed by atoms with Gasteiger partial charge in [-0.15, -0.1) is 0 Å². The molecule has 1 aliphatic heterocycles. The maximum atomic E-state index is 13.7. The second-order valence-electron chi connectivity index (χ2n) is 7.00. The van der Waals surface area contributed by atoms with Gasteiger partial charge < -0.3 is 9.64 Å². The molecule has 0 bridgehead atoms. The number of nitrogens with zero attached hydrogens (tertiary/aromatic N) is 1. The standard InChI is InChI=1S/C22H24FNO3/c1-15(25)20-10-9-18(23)13-21(20)16-6-5-7-17(12-16)22(26)24(2)14-19-8-3-4-11-27-19/h5-7,9-10,12-13,19H,3-4,8,11,14H2,1-2H3/t19-/m1/s1. The molecule has 0 N–H and O–H groups in total. The highest BCUT2D eigenvalue weighted by molar-refractivity contribution is 6.02. The molecule has 3 rings (SSSR count). The van der Waals surface area contributed by atoms with Gasteiger partial charge in [0.1, 0.15) is 5.82 Å². The minimum Gasteiger partial charge on any atom is -0.376 e. The number of rotatable bonds is 5. The molecule has 1 amide bonds. The summed E-state index contributed by atoms with van der Waals surface area (Å²) in [6.45, 7) is 2.74. The van der Waals surface area contributed by atoms with Gasteiger partial charge in [0.2, 0.25) is 0 Å². The summed E-state index contributed by atoms with van der Waals surface area (Å²) in [7, 11) is 1.76. The molecule has 1 atom stereocenters. The third-order valence-electron chi connectivity index (χ3n) is 4.88. The van der Waals surface area contributed by atoms with Crippen molar-refractivity contribution in [2.45, 2.75) is 32.3 Å². The van der Waals surface area contributed by atoms with E-state index in [1.165, 1.54) is 25.1 Å².